The molecule has 0 aliphatic rings. The fourth-order valence-corrected chi connectivity index (χ4v) is 3.32. The van der Waals surface area contributed by atoms with Crippen molar-refractivity contribution in [3.63, 3.8) is 0 Å². The SMILES string of the molecule is Cc1ccc(NC(=O)c2cncc(NS(=O)(=O)c3ccc(F)cc3)c2)cc1. The maximum absolute atomic E-state index is 13.0. The number of benzene rings is 2. The molecule has 0 atom stereocenters. The summed E-state index contributed by atoms with van der Waals surface area (Å²) in [6.45, 7) is 1.94. The van der Waals surface area contributed by atoms with E-state index in [2.05, 4.69) is 15.0 Å². The summed E-state index contributed by atoms with van der Waals surface area (Å²) in [5.74, 6) is -0.959. The van der Waals surface area contributed by atoms with Crippen LogP contribution >= 0.6 is 0 Å². The zero-order valence-corrected chi connectivity index (χ0v) is 15.1. The number of carbonyl (C=O) groups is 1. The highest BCUT2D eigenvalue weighted by atomic mass is 32.2. The van der Waals surface area contributed by atoms with Crippen molar-refractivity contribution in [3.05, 3.63) is 83.9 Å². The Labute approximate surface area is 156 Å². The number of amides is 1. The highest BCUT2D eigenvalue weighted by molar-refractivity contribution is 7.92. The van der Waals surface area contributed by atoms with Gasteiger partial charge in [-0.1, -0.05) is 17.7 Å². The summed E-state index contributed by atoms with van der Waals surface area (Å²) in [5.41, 5.74) is 1.99. The predicted molar refractivity (Wildman–Crippen MR) is 101 cm³/mol. The molecule has 0 spiro atoms. The van der Waals surface area contributed by atoms with Gasteiger partial charge in [0.05, 0.1) is 22.3 Å². The molecular weight excluding hydrogens is 369 g/mol. The molecule has 138 valence electrons. The summed E-state index contributed by atoms with van der Waals surface area (Å²) < 4.78 is 40.0. The van der Waals surface area contributed by atoms with Crippen LogP contribution in [-0.4, -0.2) is 19.3 Å². The first kappa shape index (κ1) is 18.5. The molecule has 27 heavy (non-hydrogen) atoms. The van der Waals surface area contributed by atoms with E-state index in [1.807, 2.05) is 19.1 Å². The van der Waals surface area contributed by atoms with Gasteiger partial charge in [-0.2, -0.15) is 0 Å². The summed E-state index contributed by atoms with van der Waals surface area (Å²) in [6, 6.07) is 13.0. The number of hydrogen-bond acceptors (Lipinski definition) is 4. The molecule has 0 aliphatic heterocycles. The van der Waals surface area contributed by atoms with Crippen molar-refractivity contribution in [2.75, 3.05) is 10.0 Å². The zero-order valence-electron chi connectivity index (χ0n) is 14.3. The van der Waals surface area contributed by atoms with Gasteiger partial charge in [-0.3, -0.25) is 14.5 Å². The summed E-state index contributed by atoms with van der Waals surface area (Å²) in [6.07, 6.45) is 2.61. The molecule has 8 heteroatoms. The molecule has 1 aromatic heterocycles. The van der Waals surface area contributed by atoms with Crippen LogP contribution in [0.25, 0.3) is 0 Å². The van der Waals surface area contributed by atoms with E-state index in [4.69, 9.17) is 0 Å². The number of rotatable bonds is 5. The topological polar surface area (TPSA) is 88.2 Å². The van der Waals surface area contributed by atoms with E-state index in [0.29, 0.717) is 5.69 Å². The number of carbonyl (C=O) groups excluding carboxylic acids is 1. The molecular formula is C19H16FN3O3S. The number of aromatic nitrogens is 1. The fourth-order valence-electron chi connectivity index (χ4n) is 2.29. The minimum Gasteiger partial charge on any atom is -0.322 e. The second kappa shape index (κ2) is 7.55. The molecule has 1 heterocycles. The summed E-state index contributed by atoms with van der Waals surface area (Å²) >= 11 is 0. The van der Waals surface area contributed by atoms with E-state index >= 15 is 0 Å². The van der Waals surface area contributed by atoms with Crippen LogP contribution in [0.15, 0.2) is 71.9 Å². The Bertz CT molecular complexity index is 1070. The molecule has 3 rings (SSSR count). The Hall–Kier alpha value is -3.26. The molecule has 2 aromatic carbocycles. The van der Waals surface area contributed by atoms with Crippen molar-refractivity contribution in [1.29, 1.82) is 0 Å². The first-order chi connectivity index (χ1) is 12.8. The van der Waals surface area contributed by atoms with Crippen molar-refractivity contribution in [1.82, 2.24) is 4.98 Å². The standard InChI is InChI=1S/C19H16FN3O3S/c1-13-2-6-16(7-3-13)22-19(24)14-10-17(12-21-11-14)23-27(25,26)18-8-4-15(20)5-9-18/h2-12,23H,1H3,(H,22,24). The lowest BCUT2D eigenvalue weighted by atomic mass is 10.2. The number of nitrogens with one attached hydrogen (secondary N) is 2. The van der Waals surface area contributed by atoms with Gasteiger partial charge in [0.15, 0.2) is 0 Å². The van der Waals surface area contributed by atoms with Gasteiger partial charge in [-0.15, -0.1) is 0 Å². The van der Waals surface area contributed by atoms with Crippen molar-refractivity contribution in [2.24, 2.45) is 0 Å². The average molecular weight is 385 g/mol. The van der Waals surface area contributed by atoms with Gasteiger partial charge in [0.1, 0.15) is 5.82 Å². The molecule has 3 aromatic rings. The lowest BCUT2D eigenvalue weighted by molar-refractivity contribution is 0.102. The zero-order chi connectivity index (χ0) is 19.4. The Kier molecular flexibility index (Phi) is 5.18. The Morgan fingerprint density at radius 2 is 1.63 bits per heavy atom. The third-order valence-corrected chi connectivity index (χ3v) is 5.08. The van der Waals surface area contributed by atoms with Gasteiger partial charge in [-0.25, -0.2) is 12.8 Å². The van der Waals surface area contributed by atoms with Gasteiger partial charge in [0.25, 0.3) is 15.9 Å². The molecule has 1 amide bonds. The molecule has 0 saturated carbocycles. The van der Waals surface area contributed by atoms with Gasteiger partial charge >= 0.3 is 0 Å². The first-order valence-corrected chi connectivity index (χ1v) is 9.43. The molecule has 2 N–H and O–H groups in total. The molecule has 0 fully saturated rings. The molecule has 0 saturated heterocycles. The molecule has 0 bridgehead atoms. The summed E-state index contributed by atoms with van der Waals surface area (Å²) in [5, 5.41) is 2.72. The number of halogens is 1. The van der Waals surface area contributed by atoms with Gasteiger partial charge in [-0.05, 0) is 49.4 Å². The van der Waals surface area contributed by atoms with Crippen LogP contribution in [0.4, 0.5) is 15.8 Å². The van der Waals surface area contributed by atoms with E-state index in [0.717, 1.165) is 29.8 Å². The monoisotopic (exact) mass is 385 g/mol. The molecule has 0 unspecified atom stereocenters. The van der Waals surface area contributed by atoms with Crippen LogP contribution in [0.5, 0.6) is 0 Å². The van der Waals surface area contributed by atoms with E-state index < -0.39 is 21.7 Å². The Morgan fingerprint density at radius 3 is 2.30 bits per heavy atom. The fraction of sp³-hybridized carbons (Fsp3) is 0.0526. The van der Waals surface area contributed by atoms with Crippen LogP contribution in [0.3, 0.4) is 0 Å². The number of anilines is 2. The van der Waals surface area contributed by atoms with Crippen molar-refractivity contribution < 1.29 is 17.6 Å². The predicted octanol–water partition coefficient (Wildman–Crippen LogP) is 3.58. The van der Waals surface area contributed by atoms with Crippen molar-refractivity contribution in [3.8, 4) is 0 Å². The lowest BCUT2D eigenvalue weighted by Gasteiger charge is -2.10. The van der Waals surface area contributed by atoms with E-state index in [1.165, 1.54) is 18.5 Å². The number of aryl methyl sites for hydroxylation is 1. The number of pyridine rings is 1. The van der Waals surface area contributed by atoms with E-state index in [1.54, 1.807) is 12.1 Å². The van der Waals surface area contributed by atoms with Crippen LogP contribution < -0.4 is 10.0 Å². The Balaban J connectivity index is 1.77. The number of nitrogens with zero attached hydrogens (tertiary/aromatic N) is 1. The highest BCUT2D eigenvalue weighted by Crippen LogP contribution is 2.18. The molecule has 0 radical (unpaired) electrons. The van der Waals surface area contributed by atoms with Crippen LogP contribution in [-0.2, 0) is 10.0 Å². The normalized spacial score (nSPS) is 11.0. The Morgan fingerprint density at radius 1 is 0.963 bits per heavy atom. The van der Waals surface area contributed by atoms with Crippen LogP contribution in [0, 0.1) is 12.7 Å². The third kappa shape index (κ3) is 4.68. The van der Waals surface area contributed by atoms with Crippen LogP contribution in [0.1, 0.15) is 15.9 Å². The van der Waals surface area contributed by atoms with Gasteiger partial charge in [0, 0.05) is 11.9 Å². The minimum atomic E-state index is -3.92. The first-order valence-electron chi connectivity index (χ1n) is 7.95. The van der Waals surface area contributed by atoms with Crippen LogP contribution in [0.2, 0.25) is 0 Å². The van der Waals surface area contributed by atoms with E-state index in [9.17, 15) is 17.6 Å². The quantitative estimate of drug-likeness (QED) is 0.703. The molecule has 6 nitrogen and oxygen atoms in total. The molecule has 0 aliphatic carbocycles. The number of hydrogen-bond donors (Lipinski definition) is 2. The average Bonchev–Trinajstić information content (AvgIpc) is 2.64. The van der Waals surface area contributed by atoms with Gasteiger partial charge < -0.3 is 5.32 Å². The van der Waals surface area contributed by atoms with Gasteiger partial charge in [0.2, 0.25) is 0 Å². The number of sulfonamides is 1. The maximum atomic E-state index is 13.0. The summed E-state index contributed by atoms with van der Waals surface area (Å²) in [4.78, 5) is 16.2. The third-order valence-electron chi connectivity index (χ3n) is 3.69. The van der Waals surface area contributed by atoms with E-state index in [-0.39, 0.29) is 16.1 Å². The highest BCUT2D eigenvalue weighted by Gasteiger charge is 2.16. The minimum absolute atomic E-state index is 0.0987. The van der Waals surface area contributed by atoms with Crippen molar-refractivity contribution in [2.45, 2.75) is 11.8 Å². The second-order valence-electron chi connectivity index (χ2n) is 5.84. The lowest BCUT2D eigenvalue weighted by Crippen LogP contribution is -2.15. The second-order valence-corrected chi connectivity index (χ2v) is 7.52. The summed E-state index contributed by atoms with van der Waals surface area (Å²) in [7, 11) is -3.92. The largest absolute Gasteiger partial charge is 0.322 e. The van der Waals surface area contributed by atoms with Crippen molar-refractivity contribution >= 4 is 27.3 Å². The maximum Gasteiger partial charge on any atom is 0.261 e. The smallest absolute Gasteiger partial charge is 0.261 e.